The highest BCUT2D eigenvalue weighted by Gasteiger charge is 2.21. The molecule has 1 aromatic rings. The summed E-state index contributed by atoms with van der Waals surface area (Å²) in [5, 5.41) is 15.4. The zero-order valence-corrected chi connectivity index (χ0v) is 11.1. The lowest BCUT2D eigenvalue weighted by molar-refractivity contribution is 0.0863. The summed E-state index contributed by atoms with van der Waals surface area (Å²) >= 11 is 0. The molecule has 0 atom stereocenters. The van der Waals surface area contributed by atoms with Gasteiger partial charge in [0, 0.05) is 12.6 Å². The minimum absolute atomic E-state index is 0.125. The van der Waals surface area contributed by atoms with Crippen LogP contribution in [0.1, 0.15) is 43.1 Å². The van der Waals surface area contributed by atoms with Crippen LogP contribution in [-0.2, 0) is 0 Å². The third-order valence-corrected chi connectivity index (χ3v) is 3.26. The first-order valence-corrected chi connectivity index (χ1v) is 6.74. The number of amides is 1. The number of anilines is 1. The van der Waals surface area contributed by atoms with Crippen molar-refractivity contribution >= 4 is 11.7 Å². The number of carbonyl (C=O) groups excluding carboxylic acids is 1. The molecule has 0 aliphatic heterocycles. The van der Waals surface area contributed by atoms with Crippen LogP contribution in [-0.4, -0.2) is 39.7 Å². The lowest BCUT2D eigenvalue weighted by atomic mass is 9.93. The lowest BCUT2D eigenvalue weighted by Gasteiger charge is -2.25. The van der Waals surface area contributed by atoms with Crippen molar-refractivity contribution in [2.24, 2.45) is 0 Å². The third-order valence-electron chi connectivity index (χ3n) is 3.26. The highest BCUT2D eigenvalue weighted by Crippen LogP contribution is 2.18. The Labute approximate surface area is 112 Å². The topological polar surface area (TPSA) is 87.1 Å². The minimum atomic E-state index is -0.218. The first kappa shape index (κ1) is 13.7. The van der Waals surface area contributed by atoms with E-state index in [9.17, 15) is 9.90 Å². The van der Waals surface area contributed by atoms with E-state index in [-0.39, 0.29) is 18.1 Å². The molecule has 2 rings (SSSR count). The van der Waals surface area contributed by atoms with E-state index in [1.54, 1.807) is 6.20 Å². The fraction of sp³-hybridized carbons (Fsp3) is 0.615. The number of aliphatic hydroxyl groups excluding tert-OH is 1. The Hall–Kier alpha value is -1.69. The lowest BCUT2D eigenvalue weighted by Crippen LogP contribution is -2.39. The number of nitrogens with zero attached hydrogens (tertiary/aromatic N) is 2. The van der Waals surface area contributed by atoms with Crippen LogP contribution in [0.4, 0.5) is 5.82 Å². The van der Waals surface area contributed by atoms with Crippen LogP contribution < -0.4 is 10.6 Å². The van der Waals surface area contributed by atoms with Gasteiger partial charge in [-0.05, 0) is 32.6 Å². The zero-order valence-electron chi connectivity index (χ0n) is 11.1. The van der Waals surface area contributed by atoms with Gasteiger partial charge in [0.2, 0.25) is 0 Å². The highest BCUT2D eigenvalue weighted by atomic mass is 16.3. The molecule has 0 unspecified atom stereocenters. The maximum absolute atomic E-state index is 12.0. The Morgan fingerprint density at radius 2 is 2.11 bits per heavy atom. The number of aliphatic hydroxyl groups is 1. The molecular formula is C13H20N4O2. The molecule has 1 saturated carbocycles. The van der Waals surface area contributed by atoms with Crippen molar-refractivity contribution in [3.63, 3.8) is 0 Å². The Kier molecular flexibility index (Phi) is 4.68. The molecular weight excluding hydrogens is 244 g/mol. The van der Waals surface area contributed by atoms with Gasteiger partial charge in [-0.1, -0.05) is 0 Å². The molecule has 0 bridgehead atoms. The van der Waals surface area contributed by atoms with Crippen LogP contribution >= 0.6 is 0 Å². The average Bonchev–Trinajstić information content (AvgIpc) is 2.42. The molecule has 1 amide bonds. The van der Waals surface area contributed by atoms with E-state index in [2.05, 4.69) is 20.6 Å². The molecule has 104 valence electrons. The second kappa shape index (κ2) is 6.47. The van der Waals surface area contributed by atoms with Crippen LogP contribution in [0.15, 0.2) is 12.4 Å². The fourth-order valence-electron chi connectivity index (χ4n) is 2.22. The van der Waals surface area contributed by atoms with Crippen molar-refractivity contribution in [2.45, 2.75) is 44.8 Å². The average molecular weight is 264 g/mol. The molecule has 1 aromatic heterocycles. The molecule has 0 aromatic carbocycles. The van der Waals surface area contributed by atoms with Crippen molar-refractivity contribution in [1.82, 2.24) is 15.3 Å². The first-order valence-electron chi connectivity index (χ1n) is 6.74. The Balaban J connectivity index is 1.94. The van der Waals surface area contributed by atoms with E-state index in [0.717, 1.165) is 32.2 Å². The summed E-state index contributed by atoms with van der Waals surface area (Å²) < 4.78 is 0. The number of rotatable bonds is 4. The second-order valence-electron chi connectivity index (χ2n) is 4.80. The van der Waals surface area contributed by atoms with Gasteiger partial charge in [0.15, 0.2) is 0 Å². The van der Waals surface area contributed by atoms with Crippen LogP contribution in [0, 0.1) is 0 Å². The monoisotopic (exact) mass is 264 g/mol. The maximum atomic E-state index is 12.0. The number of carbonyl (C=O) groups is 1. The maximum Gasteiger partial charge on any atom is 0.271 e. The van der Waals surface area contributed by atoms with E-state index in [4.69, 9.17) is 0 Å². The molecule has 3 N–H and O–H groups in total. The Bertz CT molecular complexity index is 430. The predicted molar refractivity (Wildman–Crippen MR) is 71.9 cm³/mol. The molecule has 1 heterocycles. The third kappa shape index (κ3) is 3.89. The number of hydrogen-bond acceptors (Lipinski definition) is 5. The molecule has 0 spiro atoms. The number of nitrogens with one attached hydrogen (secondary N) is 2. The van der Waals surface area contributed by atoms with Gasteiger partial charge >= 0.3 is 0 Å². The van der Waals surface area contributed by atoms with Crippen LogP contribution in [0.5, 0.6) is 0 Å². The summed E-state index contributed by atoms with van der Waals surface area (Å²) in [6.07, 6.45) is 5.96. The predicted octanol–water partition coefficient (Wildman–Crippen LogP) is 0.942. The highest BCUT2D eigenvalue weighted by molar-refractivity contribution is 5.92. The van der Waals surface area contributed by atoms with Crippen LogP contribution in [0.25, 0.3) is 0 Å². The van der Waals surface area contributed by atoms with E-state index in [0.29, 0.717) is 11.5 Å². The largest absolute Gasteiger partial charge is 0.393 e. The molecule has 1 aliphatic rings. The van der Waals surface area contributed by atoms with Gasteiger partial charge in [0.05, 0.1) is 18.5 Å². The molecule has 1 fully saturated rings. The molecule has 0 saturated heterocycles. The fourth-order valence-corrected chi connectivity index (χ4v) is 2.22. The van der Waals surface area contributed by atoms with Gasteiger partial charge in [-0.15, -0.1) is 0 Å². The molecule has 6 heteroatoms. The minimum Gasteiger partial charge on any atom is -0.393 e. The summed E-state index contributed by atoms with van der Waals surface area (Å²) in [7, 11) is 0. The van der Waals surface area contributed by atoms with Crippen molar-refractivity contribution in [3.05, 3.63) is 18.1 Å². The van der Waals surface area contributed by atoms with Crippen molar-refractivity contribution in [2.75, 3.05) is 11.9 Å². The zero-order chi connectivity index (χ0) is 13.7. The van der Waals surface area contributed by atoms with Gasteiger partial charge < -0.3 is 15.7 Å². The van der Waals surface area contributed by atoms with E-state index in [1.165, 1.54) is 6.20 Å². The number of hydrogen-bond donors (Lipinski definition) is 3. The molecule has 19 heavy (non-hydrogen) atoms. The van der Waals surface area contributed by atoms with E-state index < -0.39 is 0 Å². The van der Waals surface area contributed by atoms with Gasteiger partial charge in [-0.2, -0.15) is 0 Å². The van der Waals surface area contributed by atoms with Gasteiger partial charge in [-0.25, -0.2) is 4.98 Å². The summed E-state index contributed by atoms with van der Waals surface area (Å²) in [5.41, 5.74) is 0.324. The quantitative estimate of drug-likeness (QED) is 0.753. The molecule has 0 radical (unpaired) electrons. The molecule has 1 aliphatic carbocycles. The summed E-state index contributed by atoms with van der Waals surface area (Å²) in [6.45, 7) is 2.70. The van der Waals surface area contributed by atoms with Crippen molar-refractivity contribution in [3.8, 4) is 0 Å². The standard InChI is InChI=1S/C13H20N4O2/c1-2-15-12-8-14-7-11(17-12)13(19)16-9-3-5-10(18)6-4-9/h7-10,18H,2-6H2,1H3,(H,15,17)(H,16,19). The van der Waals surface area contributed by atoms with E-state index >= 15 is 0 Å². The first-order chi connectivity index (χ1) is 9.19. The Morgan fingerprint density at radius 3 is 2.79 bits per heavy atom. The van der Waals surface area contributed by atoms with Crippen molar-refractivity contribution in [1.29, 1.82) is 0 Å². The summed E-state index contributed by atoms with van der Waals surface area (Å²) in [4.78, 5) is 20.3. The Morgan fingerprint density at radius 1 is 1.37 bits per heavy atom. The van der Waals surface area contributed by atoms with Crippen LogP contribution in [0.2, 0.25) is 0 Å². The second-order valence-corrected chi connectivity index (χ2v) is 4.80. The molecule has 6 nitrogen and oxygen atoms in total. The van der Waals surface area contributed by atoms with Crippen molar-refractivity contribution < 1.29 is 9.90 Å². The van der Waals surface area contributed by atoms with Gasteiger partial charge in [-0.3, -0.25) is 9.78 Å². The van der Waals surface area contributed by atoms with Crippen LogP contribution in [0.3, 0.4) is 0 Å². The SMILES string of the molecule is CCNc1cncc(C(=O)NC2CCC(O)CC2)n1. The van der Waals surface area contributed by atoms with E-state index in [1.807, 2.05) is 6.92 Å². The van der Waals surface area contributed by atoms with Gasteiger partial charge in [0.1, 0.15) is 11.5 Å². The van der Waals surface area contributed by atoms with Gasteiger partial charge in [0.25, 0.3) is 5.91 Å². The number of aromatic nitrogens is 2. The smallest absolute Gasteiger partial charge is 0.271 e. The summed E-state index contributed by atoms with van der Waals surface area (Å²) in [6, 6.07) is 0.125. The normalized spacial score (nSPS) is 22.8. The summed E-state index contributed by atoms with van der Waals surface area (Å²) in [5.74, 6) is 0.405.